The second-order valence-corrected chi connectivity index (χ2v) is 7.74. The summed E-state index contributed by atoms with van der Waals surface area (Å²) in [6.07, 6.45) is 6.57. The van der Waals surface area contributed by atoms with Crippen LogP contribution in [0.25, 0.3) is 0 Å². The van der Waals surface area contributed by atoms with Gasteiger partial charge in [-0.15, -0.1) is 0 Å². The molecule has 26 heavy (non-hydrogen) atoms. The van der Waals surface area contributed by atoms with Crippen LogP contribution in [-0.4, -0.2) is 34.9 Å². The molecule has 1 N–H and O–H groups in total. The van der Waals surface area contributed by atoms with Gasteiger partial charge in [0.2, 0.25) is 0 Å². The number of nitrogens with zero attached hydrogens (tertiary/aromatic N) is 2. The highest BCUT2D eigenvalue weighted by molar-refractivity contribution is 5.32. The normalized spacial score (nSPS) is 22.8. The summed E-state index contributed by atoms with van der Waals surface area (Å²) < 4.78 is 10.8. The summed E-state index contributed by atoms with van der Waals surface area (Å²) in [6.45, 7) is 3.67. The van der Waals surface area contributed by atoms with Gasteiger partial charge in [0.1, 0.15) is 22.8 Å². The van der Waals surface area contributed by atoms with E-state index in [0.717, 1.165) is 61.5 Å². The van der Waals surface area contributed by atoms with Crippen LogP contribution in [0.4, 0.5) is 0 Å². The van der Waals surface area contributed by atoms with Gasteiger partial charge in [-0.1, -0.05) is 17.3 Å². The summed E-state index contributed by atoms with van der Waals surface area (Å²) >= 11 is 0. The fourth-order valence-electron chi connectivity index (χ4n) is 4.54. The third-order valence-corrected chi connectivity index (χ3v) is 6.07. The van der Waals surface area contributed by atoms with Crippen LogP contribution in [0.2, 0.25) is 0 Å². The van der Waals surface area contributed by atoms with Gasteiger partial charge in [-0.05, 0) is 63.3 Å². The first-order valence-electron chi connectivity index (χ1n) is 9.67. The number of aryl methyl sites for hydroxylation is 1. The van der Waals surface area contributed by atoms with Gasteiger partial charge in [0, 0.05) is 24.6 Å². The van der Waals surface area contributed by atoms with Gasteiger partial charge in [-0.2, -0.15) is 0 Å². The Bertz CT molecular complexity index is 751. The standard InChI is InChI=1S/C21H28N2O3/c1-21(24,15-9-11-16(25-2)12-10-15)20-8-5-13-23(20)14-18-17-6-3-4-7-19(17)26-22-18/h9-12,20,24H,3-8,13-14H2,1-2H3. The quantitative estimate of drug-likeness (QED) is 0.889. The summed E-state index contributed by atoms with van der Waals surface area (Å²) in [7, 11) is 1.66. The van der Waals surface area contributed by atoms with Crippen LogP contribution in [-0.2, 0) is 25.0 Å². The van der Waals surface area contributed by atoms with E-state index in [0.29, 0.717) is 0 Å². The minimum atomic E-state index is -0.910. The Hall–Kier alpha value is -1.85. The van der Waals surface area contributed by atoms with E-state index in [-0.39, 0.29) is 6.04 Å². The smallest absolute Gasteiger partial charge is 0.140 e. The molecule has 2 atom stereocenters. The number of fused-ring (bicyclic) bond motifs is 1. The molecule has 4 rings (SSSR count). The maximum Gasteiger partial charge on any atom is 0.140 e. The molecule has 0 amide bonds. The van der Waals surface area contributed by atoms with E-state index in [1.807, 2.05) is 31.2 Å². The van der Waals surface area contributed by atoms with Crippen LogP contribution < -0.4 is 4.74 Å². The van der Waals surface area contributed by atoms with E-state index in [1.165, 1.54) is 18.4 Å². The van der Waals surface area contributed by atoms with Gasteiger partial charge in [0.15, 0.2) is 0 Å². The Morgan fingerprint density at radius 1 is 1.23 bits per heavy atom. The second kappa shape index (κ2) is 7.05. The zero-order valence-corrected chi connectivity index (χ0v) is 15.7. The molecule has 0 bridgehead atoms. The van der Waals surface area contributed by atoms with Gasteiger partial charge in [-0.25, -0.2) is 0 Å². The molecule has 140 valence electrons. The summed E-state index contributed by atoms with van der Waals surface area (Å²) in [5.41, 5.74) is 2.40. The molecule has 1 aromatic heterocycles. The summed E-state index contributed by atoms with van der Waals surface area (Å²) in [6, 6.07) is 7.83. The average Bonchev–Trinajstić information content (AvgIpc) is 3.30. The number of methoxy groups -OCH3 is 1. The van der Waals surface area contributed by atoms with E-state index >= 15 is 0 Å². The van der Waals surface area contributed by atoms with Crippen molar-refractivity contribution in [3.63, 3.8) is 0 Å². The van der Waals surface area contributed by atoms with E-state index in [2.05, 4.69) is 10.1 Å². The zero-order chi connectivity index (χ0) is 18.1. The Morgan fingerprint density at radius 3 is 2.77 bits per heavy atom. The lowest BCUT2D eigenvalue weighted by Gasteiger charge is -2.37. The molecule has 2 heterocycles. The molecule has 5 heteroatoms. The first-order valence-corrected chi connectivity index (χ1v) is 9.67. The third-order valence-electron chi connectivity index (χ3n) is 6.07. The third kappa shape index (κ3) is 3.14. The van der Waals surface area contributed by atoms with Crippen LogP contribution in [0, 0.1) is 0 Å². The lowest BCUT2D eigenvalue weighted by molar-refractivity contribution is -0.0260. The van der Waals surface area contributed by atoms with Crippen molar-refractivity contribution in [2.75, 3.05) is 13.7 Å². The molecular formula is C21H28N2O3. The number of benzene rings is 1. The number of likely N-dealkylation sites (tertiary alicyclic amines) is 1. The molecule has 2 aromatic rings. The van der Waals surface area contributed by atoms with Gasteiger partial charge in [0.05, 0.1) is 7.11 Å². The van der Waals surface area contributed by atoms with Crippen LogP contribution >= 0.6 is 0 Å². The van der Waals surface area contributed by atoms with Crippen molar-refractivity contribution >= 4 is 0 Å². The first-order chi connectivity index (χ1) is 12.6. The predicted molar refractivity (Wildman–Crippen MR) is 99.1 cm³/mol. The van der Waals surface area contributed by atoms with Crippen molar-refractivity contribution in [2.45, 2.75) is 63.6 Å². The number of rotatable bonds is 5. The summed E-state index contributed by atoms with van der Waals surface area (Å²) in [5.74, 6) is 1.88. The maximum absolute atomic E-state index is 11.4. The Morgan fingerprint density at radius 2 is 2.00 bits per heavy atom. The number of hydrogen-bond donors (Lipinski definition) is 1. The maximum atomic E-state index is 11.4. The number of aliphatic hydroxyl groups is 1. The molecule has 0 radical (unpaired) electrons. The molecule has 1 saturated heterocycles. The Kier molecular flexibility index (Phi) is 4.76. The van der Waals surface area contributed by atoms with Crippen molar-refractivity contribution < 1.29 is 14.4 Å². The van der Waals surface area contributed by atoms with Crippen molar-refractivity contribution in [2.24, 2.45) is 0 Å². The molecule has 2 unspecified atom stereocenters. The Labute approximate surface area is 154 Å². The molecule has 0 saturated carbocycles. The van der Waals surface area contributed by atoms with Crippen molar-refractivity contribution in [1.29, 1.82) is 0 Å². The molecule has 1 fully saturated rings. The average molecular weight is 356 g/mol. The lowest BCUT2D eigenvalue weighted by atomic mass is 9.86. The highest BCUT2D eigenvalue weighted by atomic mass is 16.5. The fraction of sp³-hybridized carbons (Fsp3) is 0.571. The topological polar surface area (TPSA) is 58.7 Å². The van der Waals surface area contributed by atoms with Crippen LogP contribution in [0.5, 0.6) is 5.75 Å². The van der Waals surface area contributed by atoms with Crippen molar-refractivity contribution in [1.82, 2.24) is 10.1 Å². The van der Waals surface area contributed by atoms with E-state index in [9.17, 15) is 5.11 Å². The summed E-state index contributed by atoms with van der Waals surface area (Å²) in [5, 5.41) is 15.7. The highest BCUT2D eigenvalue weighted by Gasteiger charge is 2.41. The van der Waals surface area contributed by atoms with E-state index in [4.69, 9.17) is 9.26 Å². The van der Waals surface area contributed by atoms with Crippen LogP contribution in [0.15, 0.2) is 28.8 Å². The molecule has 1 aliphatic heterocycles. The minimum Gasteiger partial charge on any atom is -0.497 e. The Balaban J connectivity index is 1.54. The van der Waals surface area contributed by atoms with E-state index in [1.54, 1.807) is 7.11 Å². The van der Waals surface area contributed by atoms with Gasteiger partial charge >= 0.3 is 0 Å². The monoisotopic (exact) mass is 356 g/mol. The highest BCUT2D eigenvalue weighted by Crippen LogP contribution is 2.37. The lowest BCUT2D eigenvalue weighted by Crippen LogP contribution is -2.45. The van der Waals surface area contributed by atoms with Crippen molar-refractivity contribution in [3.05, 3.63) is 46.8 Å². The number of hydrogen-bond acceptors (Lipinski definition) is 5. The van der Waals surface area contributed by atoms with Crippen molar-refractivity contribution in [3.8, 4) is 5.75 Å². The van der Waals surface area contributed by atoms with Gasteiger partial charge in [0.25, 0.3) is 0 Å². The van der Waals surface area contributed by atoms with Gasteiger partial charge in [-0.3, -0.25) is 4.90 Å². The largest absolute Gasteiger partial charge is 0.497 e. The second-order valence-electron chi connectivity index (χ2n) is 7.74. The number of aromatic nitrogens is 1. The SMILES string of the molecule is COc1ccc(C(C)(O)C2CCCN2Cc2noc3c2CCCC3)cc1. The van der Waals surface area contributed by atoms with Crippen LogP contribution in [0.3, 0.4) is 0 Å². The van der Waals surface area contributed by atoms with Crippen LogP contribution in [0.1, 0.15) is 55.2 Å². The first kappa shape index (κ1) is 17.6. The van der Waals surface area contributed by atoms with E-state index < -0.39 is 5.60 Å². The molecule has 1 aliphatic carbocycles. The zero-order valence-electron chi connectivity index (χ0n) is 15.7. The molecular weight excluding hydrogens is 328 g/mol. The molecule has 2 aliphatic rings. The molecule has 5 nitrogen and oxygen atoms in total. The minimum absolute atomic E-state index is 0.0758. The summed E-state index contributed by atoms with van der Waals surface area (Å²) in [4.78, 5) is 2.37. The van der Waals surface area contributed by atoms with Gasteiger partial charge < -0.3 is 14.4 Å². The molecule has 0 spiro atoms. The molecule has 1 aromatic carbocycles. The fourth-order valence-corrected chi connectivity index (χ4v) is 4.54. The predicted octanol–water partition coefficient (Wildman–Crippen LogP) is 3.43. The number of ether oxygens (including phenoxy) is 1.